The SMILES string of the molecule is CC1=CC(C)(c2ccc3cn[nH]c3c2)NO1. The molecule has 0 aliphatic carbocycles. The predicted molar refractivity (Wildman–Crippen MR) is 61.4 cm³/mol. The zero-order valence-corrected chi connectivity index (χ0v) is 9.24. The summed E-state index contributed by atoms with van der Waals surface area (Å²) in [6, 6.07) is 6.24. The number of hydrogen-bond acceptors (Lipinski definition) is 3. The molecule has 2 heterocycles. The Labute approximate surface area is 93.3 Å². The molecule has 1 aromatic carbocycles. The molecule has 0 saturated heterocycles. The Hall–Kier alpha value is -1.81. The van der Waals surface area contributed by atoms with Gasteiger partial charge in [-0.3, -0.25) is 5.10 Å². The number of fused-ring (bicyclic) bond motifs is 1. The highest BCUT2D eigenvalue weighted by Crippen LogP contribution is 2.30. The molecule has 0 spiro atoms. The highest BCUT2D eigenvalue weighted by Gasteiger charge is 2.30. The summed E-state index contributed by atoms with van der Waals surface area (Å²) < 4.78 is 0. The topological polar surface area (TPSA) is 49.9 Å². The summed E-state index contributed by atoms with van der Waals surface area (Å²) in [5.41, 5.74) is 4.96. The van der Waals surface area contributed by atoms with Crippen LogP contribution in [0.4, 0.5) is 0 Å². The van der Waals surface area contributed by atoms with Crippen LogP contribution in [0.25, 0.3) is 10.9 Å². The lowest BCUT2D eigenvalue weighted by molar-refractivity contribution is 0.0853. The highest BCUT2D eigenvalue weighted by atomic mass is 16.7. The Balaban J connectivity index is 2.12. The van der Waals surface area contributed by atoms with E-state index in [1.54, 1.807) is 0 Å². The summed E-state index contributed by atoms with van der Waals surface area (Å²) in [5.74, 6) is 0.896. The van der Waals surface area contributed by atoms with Gasteiger partial charge in [-0.2, -0.15) is 5.10 Å². The van der Waals surface area contributed by atoms with Crippen molar-refractivity contribution in [2.75, 3.05) is 0 Å². The van der Waals surface area contributed by atoms with Gasteiger partial charge in [-0.25, -0.2) is 0 Å². The maximum Gasteiger partial charge on any atom is 0.119 e. The van der Waals surface area contributed by atoms with Crippen LogP contribution in [0.2, 0.25) is 0 Å². The average molecular weight is 215 g/mol. The zero-order valence-electron chi connectivity index (χ0n) is 9.24. The number of benzene rings is 1. The van der Waals surface area contributed by atoms with Gasteiger partial charge >= 0.3 is 0 Å². The number of nitrogens with one attached hydrogen (secondary N) is 2. The summed E-state index contributed by atoms with van der Waals surface area (Å²) in [7, 11) is 0. The Morgan fingerprint density at radius 2 is 2.25 bits per heavy atom. The van der Waals surface area contributed by atoms with E-state index >= 15 is 0 Å². The Morgan fingerprint density at radius 1 is 1.38 bits per heavy atom. The quantitative estimate of drug-likeness (QED) is 0.766. The molecule has 4 heteroatoms. The molecular formula is C12H13N3O. The van der Waals surface area contributed by atoms with Gasteiger partial charge in [0.1, 0.15) is 5.76 Å². The summed E-state index contributed by atoms with van der Waals surface area (Å²) in [6.45, 7) is 4.02. The molecule has 0 saturated carbocycles. The first kappa shape index (κ1) is 9.42. The van der Waals surface area contributed by atoms with Crippen LogP contribution in [-0.2, 0) is 10.4 Å². The molecule has 0 radical (unpaired) electrons. The van der Waals surface area contributed by atoms with Crippen LogP contribution in [0.3, 0.4) is 0 Å². The lowest BCUT2D eigenvalue weighted by atomic mass is 9.92. The Kier molecular flexibility index (Phi) is 1.82. The standard InChI is InChI=1S/C12H13N3O/c1-8-6-12(2,15-16-8)10-4-3-9-7-13-14-11(9)5-10/h3-7,15H,1-2H3,(H,13,14). The third-order valence-corrected chi connectivity index (χ3v) is 2.96. The van der Waals surface area contributed by atoms with Crippen molar-refractivity contribution in [3.8, 4) is 0 Å². The number of hydrogen-bond donors (Lipinski definition) is 2. The highest BCUT2D eigenvalue weighted by molar-refractivity contribution is 5.78. The van der Waals surface area contributed by atoms with E-state index in [0.717, 1.165) is 22.2 Å². The smallest absolute Gasteiger partial charge is 0.119 e. The van der Waals surface area contributed by atoms with Gasteiger partial charge in [0, 0.05) is 5.39 Å². The van der Waals surface area contributed by atoms with Crippen LogP contribution < -0.4 is 5.48 Å². The number of H-pyrrole nitrogens is 1. The monoisotopic (exact) mass is 215 g/mol. The minimum Gasteiger partial charge on any atom is -0.413 e. The normalized spacial score (nSPS) is 24.5. The first-order valence-electron chi connectivity index (χ1n) is 5.24. The molecule has 0 fully saturated rings. The van der Waals surface area contributed by atoms with Crippen molar-refractivity contribution in [2.45, 2.75) is 19.4 Å². The van der Waals surface area contributed by atoms with Crippen molar-refractivity contribution in [1.29, 1.82) is 0 Å². The van der Waals surface area contributed by atoms with Crippen LogP contribution in [0, 0.1) is 0 Å². The van der Waals surface area contributed by atoms with Gasteiger partial charge in [-0.05, 0) is 31.6 Å². The first-order valence-corrected chi connectivity index (χ1v) is 5.24. The average Bonchev–Trinajstić information content (AvgIpc) is 2.84. The first-order chi connectivity index (χ1) is 7.67. The molecule has 82 valence electrons. The molecule has 2 N–H and O–H groups in total. The minimum atomic E-state index is -0.261. The molecule has 3 rings (SSSR count). The Bertz CT molecular complexity index is 572. The largest absolute Gasteiger partial charge is 0.413 e. The molecule has 16 heavy (non-hydrogen) atoms. The van der Waals surface area contributed by atoms with E-state index in [1.165, 1.54) is 0 Å². The zero-order chi connectivity index (χ0) is 11.2. The second-order valence-electron chi connectivity index (χ2n) is 4.33. The van der Waals surface area contributed by atoms with Crippen molar-refractivity contribution in [2.24, 2.45) is 0 Å². The molecule has 4 nitrogen and oxygen atoms in total. The second-order valence-corrected chi connectivity index (χ2v) is 4.33. The van der Waals surface area contributed by atoms with E-state index in [1.807, 2.05) is 13.1 Å². The second kappa shape index (κ2) is 3.09. The van der Waals surface area contributed by atoms with Gasteiger partial charge in [0.05, 0.1) is 17.3 Å². The van der Waals surface area contributed by atoms with Gasteiger partial charge in [0.25, 0.3) is 0 Å². The van der Waals surface area contributed by atoms with Crippen LogP contribution in [0.15, 0.2) is 36.2 Å². The van der Waals surface area contributed by atoms with E-state index in [9.17, 15) is 0 Å². The van der Waals surface area contributed by atoms with E-state index in [2.05, 4.69) is 46.9 Å². The number of aromatic amines is 1. The molecule has 0 amide bonds. The maximum atomic E-state index is 5.30. The fraction of sp³-hybridized carbons (Fsp3) is 0.250. The van der Waals surface area contributed by atoms with E-state index in [4.69, 9.17) is 4.84 Å². The third-order valence-electron chi connectivity index (χ3n) is 2.96. The number of nitrogens with zero attached hydrogens (tertiary/aromatic N) is 1. The maximum absolute atomic E-state index is 5.30. The van der Waals surface area contributed by atoms with Crippen LogP contribution in [-0.4, -0.2) is 10.2 Å². The molecular weight excluding hydrogens is 202 g/mol. The number of allylic oxidation sites excluding steroid dienone is 1. The summed E-state index contributed by atoms with van der Waals surface area (Å²) in [5, 5.41) is 8.10. The van der Waals surface area contributed by atoms with Crippen LogP contribution >= 0.6 is 0 Å². The molecule has 2 aromatic rings. The van der Waals surface area contributed by atoms with Crippen LogP contribution in [0.5, 0.6) is 0 Å². The molecule has 0 bridgehead atoms. The van der Waals surface area contributed by atoms with Gasteiger partial charge in [-0.1, -0.05) is 12.1 Å². The molecule has 1 aliphatic heterocycles. The summed E-state index contributed by atoms with van der Waals surface area (Å²) in [4.78, 5) is 5.30. The third kappa shape index (κ3) is 1.31. The fourth-order valence-corrected chi connectivity index (χ4v) is 2.05. The number of aromatic nitrogens is 2. The van der Waals surface area contributed by atoms with Gasteiger partial charge in [-0.15, -0.1) is 5.48 Å². The Morgan fingerprint density at radius 3 is 3.00 bits per heavy atom. The van der Waals surface area contributed by atoms with Crippen molar-refractivity contribution in [3.63, 3.8) is 0 Å². The molecule has 1 aliphatic rings. The fourth-order valence-electron chi connectivity index (χ4n) is 2.05. The molecule has 1 atom stereocenters. The van der Waals surface area contributed by atoms with Crippen molar-refractivity contribution < 1.29 is 4.84 Å². The molecule has 1 unspecified atom stereocenters. The van der Waals surface area contributed by atoms with Crippen molar-refractivity contribution in [1.82, 2.24) is 15.7 Å². The van der Waals surface area contributed by atoms with E-state index < -0.39 is 0 Å². The summed E-state index contributed by atoms with van der Waals surface area (Å²) >= 11 is 0. The number of rotatable bonds is 1. The van der Waals surface area contributed by atoms with Gasteiger partial charge in [0.2, 0.25) is 0 Å². The van der Waals surface area contributed by atoms with Crippen LogP contribution in [0.1, 0.15) is 19.4 Å². The van der Waals surface area contributed by atoms with Gasteiger partial charge < -0.3 is 4.84 Å². The van der Waals surface area contributed by atoms with E-state index in [0.29, 0.717) is 0 Å². The van der Waals surface area contributed by atoms with Crippen molar-refractivity contribution in [3.05, 3.63) is 41.8 Å². The minimum absolute atomic E-state index is 0.261. The predicted octanol–water partition coefficient (Wildman–Crippen LogP) is 2.22. The van der Waals surface area contributed by atoms with Crippen molar-refractivity contribution >= 4 is 10.9 Å². The lowest BCUT2D eigenvalue weighted by Gasteiger charge is -2.21. The molecule has 1 aromatic heterocycles. The lowest BCUT2D eigenvalue weighted by Crippen LogP contribution is -2.32. The summed E-state index contributed by atoms with van der Waals surface area (Å²) in [6.07, 6.45) is 3.89. The number of hydroxylamine groups is 1. The van der Waals surface area contributed by atoms with Gasteiger partial charge in [0.15, 0.2) is 0 Å². The van der Waals surface area contributed by atoms with E-state index in [-0.39, 0.29) is 5.54 Å².